The fourth-order valence-corrected chi connectivity index (χ4v) is 2.78. The van der Waals surface area contributed by atoms with Crippen LogP contribution in [0.25, 0.3) is 10.9 Å². The summed E-state index contributed by atoms with van der Waals surface area (Å²) in [6.45, 7) is 5.74. The normalized spacial score (nSPS) is 11.7. The van der Waals surface area contributed by atoms with Gasteiger partial charge in [-0.25, -0.2) is 4.98 Å². The standard InChI is InChI=1S/C20H19ClN2O2/c1-20(2,3)17(24)18-22-16-11-14(21)9-10-15(16)19(25)23(18)12-13-7-5-4-6-8-13/h4-11H,12H2,1-3H3. The zero-order chi connectivity index (χ0) is 18.2. The Bertz CT molecular complexity index is 1000. The van der Waals surface area contributed by atoms with Gasteiger partial charge in [0.15, 0.2) is 5.82 Å². The zero-order valence-electron chi connectivity index (χ0n) is 14.4. The maximum absolute atomic E-state index is 13.0. The first-order chi connectivity index (χ1) is 11.8. The van der Waals surface area contributed by atoms with Gasteiger partial charge in [0.05, 0.1) is 17.4 Å². The van der Waals surface area contributed by atoms with E-state index in [0.29, 0.717) is 22.5 Å². The third-order valence-electron chi connectivity index (χ3n) is 3.99. The molecule has 2 aromatic carbocycles. The van der Waals surface area contributed by atoms with E-state index in [1.807, 2.05) is 51.1 Å². The van der Waals surface area contributed by atoms with E-state index in [0.717, 1.165) is 5.56 Å². The van der Waals surface area contributed by atoms with Crippen LogP contribution in [-0.2, 0) is 6.54 Å². The molecule has 0 aliphatic carbocycles. The molecular formula is C20H19ClN2O2. The first-order valence-corrected chi connectivity index (χ1v) is 8.44. The quantitative estimate of drug-likeness (QED) is 0.658. The first-order valence-electron chi connectivity index (χ1n) is 8.06. The molecule has 0 atom stereocenters. The number of halogens is 1. The topological polar surface area (TPSA) is 52.0 Å². The lowest BCUT2D eigenvalue weighted by Gasteiger charge is -2.20. The predicted molar refractivity (Wildman–Crippen MR) is 100 cm³/mol. The molecule has 0 N–H and O–H groups in total. The Labute approximate surface area is 151 Å². The van der Waals surface area contributed by atoms with Crippen LogP contribution in [0.3, 0.4) is 0 Å². The molecule has 128 valence electrons. The summed E-state index contributed by atoms with van der Waals surface area (Å²) < 4.78 is 1.46. The number of ketones is 1. The highest BCUT2D eigenvalue weighted by Gasteiger charge is 2.28. The fraction of sp³-hybridized carbons (Fsp3) is 0.250. The summed E-state index contributed by atoms with van der Waals surface area (Å²) in [5.41, 5.74) is 0.486. The van der Waals surface area contributed by atoms with Crippen LogP contribution in [-0.4, -0.2) is 15.3 Å². The molecule has 0 saturated heterocycles. The molecule has 0 aliphatic heterocycles. The van der Waals surface area contributed by atoms with Crippen molar-refractivity contribution in [3.05, 3.63) is 75.3 Å². The van der Waals surface area contributed by atoms with Crippen molar-refractivity contribution in [3.63, 3.8) is 0 Å². The average molecular weight is 355 g/mol. The lowest BCUT2D eigenvalue weighted by Crippen LogP contribution is -2.33. The third-order valence-corrected chi connectivity index (χ3v) is 4.22. The molecule has 1 aromatic heterocycles. The lowest BCUT2D eigenvalue weighted by atomic mass is 9.90. The van der Waals surface area contributed by atoms with Crippen molar-refractivity contribution in [2.75, 3.05) is 0 Å². The summed E-state index contributed by atoms with van der Waals surface area (Å²) >= 11 is 6.03. The van der Waals surface area contributed by atoms with Gasteiger partial charge in [0.2, 0.25) is 5.78 Å². The summed E-state index contributed by atoms with van der Waals surface area (Å²) in [7, 11) is 0. The molecule has 25 heavy (non-hydrogen) atoms. The molecule has 0 fully saturated rings. The Hall–Kier alpha value is -2.46. The van der Waals surface area contributed by atoms with Crippen LogP contribution < -0.4 is 5.56 Å². The van der Waals surface area contributed by atoms with E-state index < -0.39 is 5.41 Å². The second-order valence-electron chi connectivity index (χ2n) is 7.05. The fourth-order valence-electron chi connectivity index (χ4n) is 2.62. The molecule has 3 aromatic rings. The number of aromatic nitrogens is 2. The molecule has 0 unspecified atom stereocenters. The van der Waals surface area contributed by atoms with Crippen molar-refractivity contribution in [3.8, 4) is 0 Å². The van der Waals surface area contributed by atoms with Gasteiger partial charge in [0.25, 0.3) is 5.56 Å². The van der Waals surface area contributed by atoms with Crippen molar-refractivity contribution in [2.45, 2.75) is 27.3 Å². The third kappa shape index (κ3) is 3.49. The van der Waals surface area contributed by atoms with Crippen molar-refractivity contribution in [1.82, 2.24) is 9.55 Å². The van der Waals surface area contributed by atoms with E-state index in [4.69, 9.17) is 11.6 Å². The van der Waals surface area contributed by atoms with Crippen LogP contribution in [0.2, 0.25) is 5.02 Å². The van der Waals surface area contributed by atoms with E-state index in [-0.39, 0.29) is 17.2 Å². The molecule has 1 heterocycles. The maximum atomic E-state index is 13.0. The Balaban J connectivity index is 2.28. The van der Waals surface area contributed by atoms with Crippen LogP contribution in [0.1, 0.15) is 37.0 Å². The molecule has 4 nitrogen and oxygen atoms in total. The molecule has 0 radical (unpaired) electrons. The second-order valence-corrected chi connectivity index (χ2v) is 7.49. The number of hydrogen-bond acceptors (Lipinski definition) is 3. The van der Waals surface area contributed by atoms with Gasteiger partial charge >= 0.3 is 0 Å². The minimum Gasteiger partial charge on any atom is -0.290 e. The molecular weight excluding hydrogens is 336 g/mol. The largest absolute Gasteiger partial charge is 0.290 e. The van der Waals surface area contributed by atoms with Gasteiger partial charge in [-0.05, 0) is 23.8 Å². The number of hydrogen-bond donors (Lipinski definition) is 0. The number of carbonyl (C=O) groups excluding carboxylic acids is 1. The van der Waals surface area contributed by atoms with Crippen LogP contribution >= 0.6 is 11.6 Å². The Morgan fingerprint density at radius 3 is 2.44 bits per heavy atom. The van der Waals surface area contributed by atoms with E-state index in [1.54, 1.807) is 18.2 Å². The highest BCUT2D eigenvalue weighted by atomic mass is 35.5. The average Bonchev–Trinajstić information content (AvgIpc) is 2.56. The van der Waals surface area contributed by atoms with Gasteiger partial charge in [-0.15, -0.1) is 0 Å². The SMILES string of the molecule is CC(C)(C)C(=O)c1nc2cc(Cl)ccc2c(=O)n1Cc1ccccc1. The Morgan fingerprint density at radius 1 is 1.12 bits per heavy atom. The molecule has 5 heteroatoms. The minimum absolute atomic E-state index is 0.163. The molecule has 3 rings (SSSR count). The number of rotatable bonds is 3. The van der Waals surface area contributed by atoms with Crippen molar-refractivity contribution in [2.24, 2.45) is 5.41 Å². The first kappa shape index (κ1) is 17.4. The van der Waals surface area contributed by atoms with Gasteiger partial charge in [0.1, 0.15) is 0 Å². The molecule has 0 aliphatic rings. The van der Waals surface area contributed by atoms with E-state index >= 15 is 0 Å². The van der Waals surface area contributed by atoms with Crippen LogP contribution in [0, 0.1) is 5.41 Å². The summed E-state index contributed by atoms with van der Waals surface area (Å²) in [5.74, 6) is -0.0153. The van der Waals surface area contributed by atoms with E-state index in [9.17, 15) is 9.59 Å². The van der Waals surface area contributed by atoms with Crippen LogP contribution in [0.5, 0.6) is 0 Å². The maximum Gasteiger partial charge on any atom is 0.262 e. The molecule has 0 spiro atoms. The number of nitrogens with zero attached hydrogens (tertiary/aromatic N) is 2. The lowest BCUT2D eigenvalue weighted by molar-refractivity contribution is 0.0841. The van der Waals surface area contributed by atoms with Crippen LogP contribution in [0.15, 0.2) is 53.3 Å². The monoisotopic (exact) mass is 354 g/mol. The minimum atomic E-state index is -0.649. The highest BCUT2D eigenvalue weighted by Crippen LogP contribution is 2.22. The molecule has 0 bridgehead atoms. The van der Waals surface area contributed by atoms with Gasteiger partial charge in [-0.3, -0.25) is 14.2 Å². The van der Waals surface area contributed by atoms with Crippen LogP contribution in [0.4, 0.5) is 0 Å². The highest BCUT2D eigenvalue weighted by molar-refractivity contribution is 6.31. The number of carbonyl (C=O) groups is 1. The smallest absolute Gasteiger partial charge is 0.262 e. The molecule has 0 saturated carbocycles. The Kier molecular flexibility index (Phi) is 4.48. The predicted octanol–water partition coefficient (Wildman–Crippen LogP) is 4.33. The summed E-state index contributed by atoms with van der Waals surface area (Å²) in [4.78, 5) is 30.4. The number of Topliss-reactive ketones (excluding diaryl/α,β-unsaturated/α-hetero) is 1. The summed E-state index contributed by atoms with van der Waals surface area (Å²) in [6.07, 6.45) is 0. The van der Waals surface area contributed by atoms with Crippen molar-refractivity contribution in [1.29, 1.82) is 0 Å². The van der Waals surface area contributed by atoms with Gasteiger partial charge < -0.3 is 0 Å². The number of fused-ring (bicyclic) bond motifs is 1. The summed E-state index contributed by atoms with van der Waals surface area (Å²) in [5, 5.41) is 0.931. The van der Waals surface area contributed by atoms with E-state index in [1.165, 1.54) is 4.57 Å². The van der Waals surface area contributed by atoms with Gasteiger partial charge in [0, 0.05) is 10.4 Å². The Morgan fingerprint density at radius 2 is 1.80 bits per heavy atom. The zero-order valence-corrected chi connectivity index (χ0v) is 15.2. The second kappa shape index (κ2) is 6.45. The van der Waals surface area contributed by atoms with Crippen molar-refractivity contribution < 1.29 is 4.79 Å². The number of benzene rings is 2. The van der Waals surface area contributed by atoms with Gasteiger partial charge in [-0.1, -0.05) is 62.7 Å². The van der Waals surface area contributed by atoms with Crippen molar-refractivity contribution >= 4 is 28.3 Å². The molecule has 0 amide bonds. The summed E-state index contributed by atoms with van der Waals surface area (Å²) in [6, 6.07) is 14.5. The van der Waals surface area contributed by atoms with Gasteiger partial charge in [-0.2, -0.15) is 0 Å². The van der Waals surface area contributed by atoms with E-state index in [2.05, 4.69) is 4.98 Å².